The van der Waals surface area contributed by atoms with Gasteiger partial charge in [0, 0.05) is 37.9 Å². The molecule has 3 aromatic rings. The first-order valence-electron chi connectivity index (χ1n) is 11.8. The van der Waals surface area contributed by atoms with Crippen LogP contribution in [0.2, 0.25) is 0 Å². The fourth-order valence-corrected chi connectivity index (χ4v) is 4.24. The van der Waals surface area contributed by atoms with Crippen molar-refractivity contribution in [3.05, 3.63) is 60.7 Å². The monoisotopic (exact) mass is 460 g/mol. The second kappa shape index (κ2) is 10.9. The van der Waals surface area contributed by atoms with Gasteiger partial charge >= 0.3 is 0 Å². The zero-order chi connectivity index (χ0) is 23.9. The van der Waals surface area contributed by atoms with Crippen molar-refractivity contribution in [2.45, 2.75) is 26.7 Å². The molecule has 1 saturated heterocycles. The first-order valence-corrected chi connectivity index (χ1v) is 11.8. The first kappa shape index (κ1) is 23.4. The molecular formula is C26H32N6O2. The largest absolute Gasteiger partial charge is 0.457 e. The number of amides is 1. The van der Waals surface area contributed by atoms with Crippen LogP contribution in [-0.2, 0) is 4.79 Å². The van der Waals surface area contributed by atoms with Gasteiger partial charge in [0.2, 0.25) is 11.9 Å². The summed E-state index contributed by atoms with van der Waals surface area (Å²) in [5.41, 5.74) is 6.89. The number of nitrogens with two attached hydrogens (primary N) is 1. The molecule has 8 heteroatoms. The molecule has 2 aromatic carbocycles. The van der Waals surface area contributed by atoms with Gasteiger partial charge in [-0.05, 0) is 63.1 Å². The molecule has 0 bridgehead atoms. The van der Waals surface area contributed by atoms with Gasteiger partial charge in [-0.15, -0.1) is 0 Å². The molecule has 1 aliphatic heterocycles. The molecule has 1 amide bonds. The van der Waals surface area contributed by atoms with Gasteiger partial charge in [0.05, 0.1) is 5.92 Å². The SMILES string of the molecule is CCN(CC)C(=O)C1CCCN(c2cc(Nc3ccc(Oc4ccccc4)cc3)nc(N)n2)C1. The van der Waals surface area contributed by atoms with Gasteiger partial charge in [0.1, 0.15) is 23.1 Å². The minimum absolute atomic E-state index is 0.0293. The van der Waals surface area contributed by atoms with E-state index in [1.165, 1.54) is 0 Å². The number of ether oxygens (including phenoxy) is 1. The summed E-state index contributed by atoms with van der Waals surface area (Å²) < 4.78 is 5.85. The highest BCUT2D eigenvalue weighted by Gasteiger charge is 2.29. The molecule has 0 saturated carbocycles. The minimum Gasteiger partial charge on any atom is -0.457 e. The summed E-state index contributed by atoms with van der Waals surface area (Å²) in [5, 5.41) is 3.30. The van der Waals surface area contributed by atoms with Crippen LogP contribution in [0.1, 0.15) is 26.7 Å². The normalized spacial score (nSPS) is 15.6. The van der Waals surface area contributed by atoms with Gasteiger partial charge in [0.15, 0.2) is 0 Å². The third-order valence-corrected chi connectivity index (χ3v) is 6.01. The maximum absolute atomic E-state index is 12.9. The lowest BCUT2D eigenvalue weighted by Gasteiger charge is -2.35. The third kappa shape index (κ3) is 5.75. The fourth-order valence-electron chi connectivity index (χ4n) is 4.24. The van der Waals surface area contributed by atoms with Crippen LogP contribution in [0.25, 0.3) is 0 Å². The number of nitrogens with zero attached hydrogens (tertiary/aromatic N) is 4. The van der Waals surface area contributed by atoms with E-state index in [0.29, 0.717) is 12.4 Å². The second-order valence-corrected chi connectivity index (χ2v) is 8.33. The molecule has 0 radical (unpaired) electrons. The zero-order valence-corrected chi connectivity index (χ0v) is 19.8. The van der Waals surface area contributed by atoms with Crippen molar-refractivity contribution in [3.63, 3.8) is 0 Å². The van der Waals surface area contributed by atoms with Gasteiger partial charge < -0.3 is 25.6 Å². The Morgan fingerprint density at radius 2 is 1.79 bits per heavy atom. The standard InChI is InChI=1S/C26H32N6O2/c1-3-31(4-2)25(33)19-9-8-16-32(18-19)24-17-23(29-26(27)30-24)28-20-12-14-22(15-13-20)34-21-10-6-5-7-11-21/h5-7,10-15,17,19H,3-4,8-9,16,18H2,1-2H3,(H3,27,28,29,30). The van der Waals surface area contributed by atoms with Crippen LogP contribution in [0, 0.1) is 5.92 Å². The van der Waals surface area contributed by atoms with E-state index in [9.17, 15) is 4.79 Å². The van der Waals surface area contributed by atoms with Crippen LogP contribution in [0.3, 0.4) is 0 Å². The van der Waals surface area contributed by atoms with Crippen molar-refractivity contribution in [2.75, 3.05) is 42.1 Å². The Morgan fingerprint density at radius 3 is 2.50 bits per heavy atom. The number of para-hydroxylation sites is 1. The summed E-state index contributed by atoms with van der Waals surface area (Å²) in [6.45, 7) is 6.97. The molecule has 0 aliphatic carbocycles. The van der Waals surface area contributed by atoms with Crippen molar-refractivity contribution in [1.82, 2.24) is 14.9 Å². The van der Waals surface area contributed by atoms with Gasteiger partial charge in [-0.25, -0.2) is 0 Å². The smallest absolute Gasteiger partial charge is 0.227 e. The second-order valence-electron chi connectivity index (χ2n) is 8.33. The molecule has 178 valence electrons. The van der Waals surface area contributed by atoms with E-state index in [1.54, 1.807) is 0 Å². The zero-order valence-electron chi connectivity index (χ0n) is 19.8. The number of hydrogen-bond acceptors (Lipinski definition) is 7. The Kier molecular flexibility index (Phi) is 7.47. The van der Waals surface area contributed by atoms with Gasteiger partial charge in [-0.2, -0.15) is 9.97 Å². The highest BCUT2D eigenvalue weighted by atomic mass is 16.5. The van der Waals surface area contributed by atoms with Gasteiger partial charge in [-0.3, -0.25) is 4.79 Å². The number of carbonyl (C=O) groups excluding carboxylic acids is 1. The maximum atomic E-state index is 12.9. The summed E-state index contributed by atoms with van der Waals surface area (Å²) in [6, 6.07) is 19.2. The van der Waals surface area contributed by atoms with Crippen LogP contribution < -0.4 is 20.7 Å². The maximum Gasteiger partial charge on any atom is 0.227 e. The summed E-state index contributed by atoms with van der Waals surface area (Å²) >= 11 is 0. The van der Waals surface area contributed by atoms with Crippen molar-refractivity contribution < 1.29 is 9.53 Å². The topological polar surface area (TPSA) is 96.6 Å². The average molecular weight is 461 g/mol. The van der Waals surface area contributed by atoms with E-state index < -0.39 is 0 Å². The molecular weight excluding hydrogens is 428 g/mol. The van der Waals surface area contributed by atoms with E-state index in [0.717, 1.165) is 55.5 Å². The van der Waals surface area contributed by atoms with Crippen molar-refractivity contribution in [2.24, 2.45) is 5.92 Å². The molecule has 2 heterocycles. The van der Waals surface area contributed by atoms with Crippen LogP contribution >= 0.6 is 0 Å². The molecule has 0 spiro atoms. The molecule has 1 atom stereocenters. The molecule has 3 N–H and O–H groups in total. The Morgan fingerprint density at radius 1 is 1.09 bits per heavy atom. The Hall–Kier alpha value is -3.81. The number of benzene rings is 2. The van der Waals surface area contributed by atoms with Crippen LogP contribution in [0.15, 0.2) is 60.7 Å². The molecule has 34 heavy (non-hydrogen) atoms. The van der Waals surface area contributed by atoms with Crippen molar-refractivity contribution in [3.8, 4) is 11.5 Å². The lowest BCUT2D eigenvalue weighted by atomic mass is 9.96. The molecule has 4 rings (SSSR count). The Bertz CT molecular complexity index is 1090. The Labute approximate surface area is 200 Å². The molecule has 1 aliphatic rings. The molecule has 1 aromatic heterocycles. The predicted molar refractivity (Wildman–Crippen MR) is 136 cm³/mol. The average Bonchev–Trinajstić information content (AvgIpc) is 2.86. The quantitative estimate of drug-likeness (QED) is 0.504. The number of carbonyl (C=O) groups is 1. The first-order chi connectivity index (χ1) is 16.6. The summed E-state index contributed by atoms with van der Waals surface area (Å²) in [5.74, 6) is 3.26. The number of rotatable bonds is 8. The lowest BCUT2D eigenvalue weighted by Crippen LogP contribution is -2.45. The molecule has 1 fully saturated rings. The Balaban J connectivity index is 1.44. The fraction of sp³-hybridized carbons (Fsp3) is 0.346. The number of hydrogen-bond donors (Lipinski definition) is 2. The van der Waals surface area contributed by atoms with E-state index >= 15 is 0 Å². The summed E-state index contributed by atoms with van der Waals surface area (Å²) in [7, 11) is 0. The number of nitrogens with one attached hydrogen (secondary N) is 1. The lowest BCUT2D eigenvalue weighted by molar-refractivity contribution is -0.135. The van der Waals surface area contributed by atoms with Gasteiger partial charge in [-0.1, -0.05) is 18.2 Å². The van der Waals surface area contributed by atoms with Gasteiger partial charge in [0.25, 0.3) is 0 Å². The summed E-state index contributed by atoms with van der Waals surface area (Å²) in [6.07, 6.45) is 1.84. The van der Waals surface area contributed by atoms with Crippen LogP contribution in [0.5, 0.6) is 11.5 Å². The minimum atomic E-state index is -0.0293. The molecule has 8 nitrogen and oxygen atoms in total. The number of nitrogen functional groups attached to an aromatic ring is 1. The summed E-state index contributed by atoms with van der Waals surface area (Å²) in [4.78, 5) is 25.7. The van der Waals surface area contributed by atoms with Crippen molar-refractivity contribution in [1.29, 1.82) is 0 Å². The predicted octanol–water partition coefficient (Wildman–Crippen LogP) is 4.68. The third-order valence-electron chi connectivity index (χ3n) is 6.01. The number of piperidine rings is 1. The van der Waals surface area contributed by atoms with E-state index in [2.05, 4.69) is 20.2 Å². The highest BCUT2D eigenvalue weighted by Crippen LogP contribution is 2.28. The van der Waals surface area contributed by atoms with Crippen molar-refractivity contribution >= 4 is 29.2 Å². The van der Waals surface area contributed by atoms with Crippen LogP contribution in [0.4, 0.5) is 23.3 Å². The number of aromatic nitrogens is 2. The number of anilines is 4. The van der Waals surface area contributed by atoms with E-state index in [1.807, 2.05) is 79.4 Å². The van der Waals surface area contributed by atoms with E-state index in [4.69, 9.17) is 10.5 Å². The van der Waals surface area contributed by atoms with E-state index in [-0.39, 0.29) is 17.8 Å². The molecule has 1 unspecified atom stereocenters. The van der Waals surface area contributed by atoms with Crippen LogP contribution in [-0.4, -0.2) is 47.0 Å². The highest BCUT2D eigenvalue weighted by molar-refractivity contribution is 5.79.